The molecule has 2 N–H and O–H groups in total. The van der Waals surface area contributed by atoms with Crippen LogP contribution in [0.2, 0.25) is 0 Å². The molecule has 0 spiro atoms. The summed E-state index contributed by atoms with van der Waals surface area (Å²) in [7, 11) is 3.17. The zero-order valence-corrected chi connectivity index (χ0v) is 15.0. The van der Waals surface area contributed by atoms with Gasteiger partial charge in [0.15, 0.2) is 11.5 Å². The van der Waals surface area contributed by atoms with E-state index in [1.165, 1.54) is 0 Å². The van der Waals surface area contributed by atoms with Gasteiger partial charge in [0, 0.05) is 13.1 Å². The summed E-state index contributed by atoms with van der Waals surface area (Å²) in [5.41, 5.74) is 2.23. The summed E-state index contributed by atoms with van der Waals surface area (Å²) in [5.74, 6) is 1.08. The van der Waals surface area contributed by atoms with Crippen LogP contribution in [0.4, 0.5) is 5.69 Å². The van der Waals surface area contributed by atoms with Gasteiger partial charge in [-0.05, 0) is 36.2 Å². The Morgan fingerprint density at radius 2 is 1.92 bits per heavy atom. The fourth-order valence-electron chi connectivity index (χ4n) is 2.31. The van der Waals surface area contributed by atoms with Crippen LogP contribution in [0.1, 0.15) is 35.8 Å². The molecule has 0 aliphatic carbocycles. The van der Waals surface area contributed by atoms with Crippen molar-refractivity contribution in [2.75, 3.05) is 26.1 Å². The Morgan fingerprint density at radius 3 is 2.56 bits per heavy atom. The molecule has 6 nitrogen and oxygen atoms in total. The van der Waals surface area contributed by atoms with Crippen LogP contribution in [0.5, 0.6) is 11.5 Å². The number of benzene rings is 1. The number of carbonyl (C=O) groups is 1. The maximum Gasteiger partial charge on any atom is 0.270 e. The molecule has 2 rings (SSSR count). The number of hydrogen-bond donors (Lipinski definition) is 2. The molecule has 2 aromatic rings. The van der Waals surface area contributed by atoms with Crippen molar-refractivity contribution in [1.29, 1.82) is 0 Å². The predicted octanol–water partition coefficient (Wildman–Crippen LogP) is 3.24. The SMILES string of the molecule is CCCCNc1ccc(C(=O)NCc2ccc(OC)c(OC)c2)nc1. The summed E-state index contributed by atoms with van der Waals surface area (Å²) >= 11 is 0. The van der Waals surface area contributed by atoms with Gasteiger partial charge in [-0.3, -0.25) is 4.79 Å². The number of nitrogens with zero attached hydrogens (tertiary/aromatic N) is 1. The minimum Gasteiger partial charge on any atom is -0.493 e. The number of hydrogen-bond acceptors (Lipinski definition) is 5. The normalized spacial score (nSPS) is 10.2. The average molecular weight is 343 g/mol. The van der Waals surface area contributed by atoms with Crippen molar-refractivity contribution in [2.45, 2.75) is 26.3 Å². The highest BCUT2D eigenvalue weighted by molar-refractivity contribution is 5.92. The number of nitrogens with one attached hydrogen (secondary N) is 2. The van der Waals surface area contributed by atoms with Crippen molar-refractivity contribution in [3.63, 3.8) is 0 Å². The van der Waals surface area contributed by atoms with E-state index in [4.69, 9.17) is 9.47 Å². The zero-order chi connectivity index (χ0) is 18.1. The largest absolute Gasteiger partial charge is 0.493 e. The van der Waals surface area contributed by atoms with Gasteiger partial charge in [0.05, 0.1) is 26.1 Å². The van der Waals surface area contributed by atoms with E-state index in [9.17, 15) is 4.79 Å². The monoisotopic (exact) mass is 343 g/mol. The predicted molar refractivity (Wildman–Crippen MR) is 98.4 cm³/mol. The lowest BCUT2D eigenvalue weighted by Crippen LogP contribution is -2.23. The lowest BCUT2D eigenvalue weighted by Gasteiger charge is -2.10. The summed E-state index contributed by atoms with van der Waals surface area (Å²) < 4.78 is 10.5. The van der Waals surface area contributed by atoms with Gasteiger partial charge in [-0.15, -0.1) is 0 Å². The molecule has 0 saturated carbocycles. The van der Waals surface area contributed by atoms with Crippen LogP contribution in [0, 0.1) is 0 Å². The summed E-state index contributed by atoms with van der Waals surface area (Å²) in [6, 6.07) is 9.13. The molecule has 1 heterocycles. The Labute approximate surface area is 148 Å². The van der Waals surface area contributed by atoms with Crippen molar-refractivity contribution in [3.8, 4) is 11.5 Å². The van der Waals surface area contributed by atoms with Gasteiger partial charge in [-0.25, -0.2) is 4.98 Å². The smallest absolute Gasteiger partial charge is 0.270 e. The molecular weight excluding hydrogens is 318 g/mol. The standard InChI is InChI=1S/C19H25N3O3/c1-4-5-10-20-15-7-8-16(21-13-15)19(23)22-12-14-6-9-17(24-2)18(11-14)25-3/h6-9,11,13,20H,4-5,10,12H2,1-3H3,(H,22,23). The van der Waals surface area contributed by atoms with Crippen LogP contribution < -0.4 is 20.1 Å². The second kappa shape index (κ2) is 9.52. The number of aromatic nitrogens is 1. The summed E-state index contributed by atoms with van der Waals surface area (Å²) in [4.78, 5) is 16.4. The average Bonchev–Trinajstić information content (AvgIpc) is 2.66. The Bertz CT molecular complexity index is 687. The van der Waals surface area contributed by atoms with Gasteiger partial charge in [0.2, 0.25) is 0 Å². The molecule has 0 fully saturated rings. The number of amides is 1. The summed E-state index contributed by atoms with van der Waals surface area (Å²) in [6.45, 7) is 3.44. The van der Waals surface area contributed by atoms with Crippen LogP contribution in [0.3, 0.4) is 0 Å². The fourth-order valence-corrected chi connectivity index (χ4v) is 2.31. The van der Waals surface area contributed by atoms with E-state index >= 15 is 0 Å². The van der Waals surface area contributed by atoms with Crippen molar-refractivity contribution in [2.24, 2.45) is 0 Å². The zero-order valence-electron chi connectivity index (χ0n) is 15.0. The van der Waals surface area contributed by atoms with Crippen molar-refractivity contribution >= 4 is 11.6 Å². The number of pyridine rings is 1. The molecule has 0 aliphatic rings. The van der Waals surface area contributed by atoms with Gasteiger partial charge in [0.1, 0.15) is 5.69 Å². The number of ether oxygens (including phenoxy) is 2. The number of rotatable bonds is 9. The minimum absolute atomic E-state index is 0.213. The molecule has 0 aliphatic heterocycles. The van der Waals surface area contributed by atoms with E-state index in [-0.39, 0.29) is 5.91 Å². The molecule has 0 radical (unpaired) electrons. The number of carbonyl (C=O) groups excluding carboxylic acids is 1. The topological polar surface area (TPSA) is 72.5 Å². The van der Waals surface area contributed by atoms with E-state index in [1.807, 2.05) is 24.3 Å². The minimum atomic E-state index is -0.213. The maximum atomic E-state index is 12.2. The van der Waals surface area contributed by atoms with Crippen molar-refractivity contribution < 1.29 is 14.3 Å². The first kappa shape index (κ1) is 18.6. The van der Waals surface area contributed by atoms with Crippen LogP contribution in [-0.4, -0.2) is 31.7 Å². The number of methoxy groups -OCH3 is 2. The quantitative estimate of drug-likeness (QED) is 0.684. The lowest BCUT2D eigenvalue weighted by atomic mass is 10.2. The highest BCUT2D eigenvalue weighted by atomic mass is 16.5. The molecule has 0 saturated heterocycles. The molecule has 6 heteroatoms. The number of unbranched alkanes of at least 4 members (excludes halogenated alkanes) is 1. The van der Waals surface area contributed by atoms with Crippen LogP contribution >= 0.6 is 0 Å². The van der Waals surface area contributed by atoms with E-state index in [0.29, 0.717) is 23.7 Å². The molecular formula is C19H25N3O3. The summed E-state index contributed by atoms with van der Waals surface area (Å²) in [5, 5.41) is 6.13. The Balaban J connectivity index is 1.91. The van der Waals surface area contributed by atoms with Gasteiger partial charge >= 0.3 is 0 Å². The fraction of sp³-hybridized carbons (Fsp3) is 0.368. The molecule has 134 valence electrons. The first-order valence-electron chi connectivity index (χ1n) is 8.37. The molecule has 1 amide bonds. The molecule has 0 bridgehead atoms. The van der Waals surface area contributed by atoms with Gasteiger partial charge in [0.25, 0.3) is 5.91 Å². The molecule has 0 atom stereocenters. The highest BCUT2D eigenvalue weighted by Gasteiger charge is 2.09. The molecule has 1 aromatic carbocycles. The Hall–Kier alpha value is -2.76. The van der Waals surface area contributed by atoms with Gasteiger partial charge in [-0.2, -0.15) is 0 Å². The van der Waals surface area contributed by atoms with Gasteiger partial charge < -0.3 is 20.1 Å². The van der Waals surface area contributed by atoms with Gasteiger partial charge in [-0.1, -0.05) is 19.4 Å². The van der Waals surface area contributed by atoms with E-state index in [0.717, 1.165) is 30.6 Å². The third kappa shape index (κ3) is 5.38. The van der Waals surface area contributed by atoms with Crippen molar-refractivity contribution in [3.05, 3.63) is 47.8 Å². The second-order valence-corrected chi connectivity index (χ2v) is 5.58. The first-order valence-corrected chi connectivity index (χ1v) is 8.37. The Morgan fingerprint density at radius 1 is 1.12 bits per heavy atom. The first-order chi connectivity index (χ1) is 12.2. The van der Waals surface area contributed by atoms with Crippen LogP contribution in [-0.2, 0) is 6.54 Å². The second-order valence-electron chi connectivity index (χ2n) is 5.58. The van der Waals surface area contributed by atoms with Crippen LogP contribution in [0.15, 0.2) is 36.5 Å². The summed E-state index contributed by atoms with van der Waals surface area (Å²) in [6.07, 6.45) is 3.92. The van der Waals surface area contributed by atoms with E-state index in [1.54, 1.807) is 26.5 Å². The highest BCUT2D eigenvalue weighted by Crippen LogP contribution is 2.27. The van der Waals surface area contributed by atoms with Crippen molar-refractivity contribution in [1.82, 2.24) is 10.3 Å². The molecule has 25 heavy (non-hydrogen) atoms. The molecule has 1 aromatic heterocycles. The third-order valence-electron chi connectivity index (χ3n) is 3.76. The lowest BCUT2D eigenvalue weighted by molar-refractivity contribution is 0.0946. The molecule has 0 unspecified atom stereocenters. The van der Waals surface area contributed by atoms with E-state index < -0.39 is 0 Å². The third-order valence-corrected chi connectivity index (χ3v) is 3.76. The Kier molecular flexibility index (Phi) is 7.07. The van der Waals surface area contributed by atoms with Crippen LogP contribution in [0.25, 0.3) is 0 Å². The maximum absolute atomic E-state index is 12.2. The van der Waals surface area contributed by atoms with E-state index in [2.05, 4.69) is 22.5 Å². The number of anilines is 1.